The summed E-state index contributed by atoms with van der Waals surface area (Å²) in [7, 11) is 0. The lowest BCUT2D eigenvalue weighted by Gasteiger charge is -2.49. The molecule has 0 aromatic rings. The van der Waals surface area contributed by atoms with Crippen LogP contribution in [0.5, 0.6) is 0 Å². The Bertz CT molecular complexity index is 303. The predicted octanol–water partition coefficient (Wildman–Crippen LogP) is 2.61. The smallest absolute Gasteiger partial charge is 0.0593 e. The van der Waals surface area contributed by atoms with E-state index in [-0.39, 0.29) is 0 Å². The number of nitrogens with zero attached hydrogens (tertiary/aromatic N) is 2. The zero-order chi connectivity index (χ0) is 13.9. The standard InChI is InChI=1S/C17H32N2O/c1-14(2)17-12-18-8-4-3-5-16(18)11-19(17)9-10-20-13-15-6-7-15/h14-17H,3-13H2,1-2H3. The highest BCUT2D eigenvalue weighted by molar-refractivity contribution is 4.91. The Hall–Kier alpha value is -0.120. The molecular formula is C17H32N2O. The lowest BCUT2D eigenvalue weighted by Crippen LogP contribution is -2.61. The average molecular weight is 280 g/mol. The molecule has 0 spiro atoms. The van der Waals surface area contributed by atoms with Crippen molar-refractivity contribution in [3.05, 3.63) is 0 Å². The van der Waals surface area contributed by atoms with E-state index in [4.69, 9.17) is 4.74 Å². The van der Waals surface area contributed by atoms with Gasteiger partial charge < -0.3 is 4.74 Å². The van der Waals surface area contributed by atoms with Crippen molar-refractivity contribution < 1.29 is 4.74 Å². The molecule has 0 N–H and O–H groups in total. The van der Waals surface area contributed by atoms with E-state index in [9.17, 15) is 0 Å². The lowest BCUT2D eigenvalue weighted by atomic mass is 9.92. The number of piperidine rings is 1. The van der Waals surface area contributed by atoms with Gasteiger partial charge in [-0.15, -0.1) is 0 Å². The normalized spacial score (nSPS) is 32.5. The minimum Gasteiger partial charge on any atom is -0.380 e. The molecule has 3 nitrogen and oxygen atoms in total. The third-order valence-corrected chi connectivity index (χ3v) is 5.43. The van der Waals surface area contributed by atoms with E-state index >= 15 is 0 Å². The summed E-state index contributed by atoms with van der Waals surface area (Å²) in [4.78, 5) is 5.49. The molecule has 116 valence electrons. The largest absolute Gasteiger partial charge is 0.380 e. The van der Waals surface area contributed by atoms with Crippen LogP contribution in [0.25, 0.3) is 0 Å². The van der Waals surface area contributed by atoms with E-state index in [0.29, 0.717) is 0 Å². The Labute approximate surface area is 124 Å². The van der Waals surface area contributed by atoms with Gasteiger partial charge in [0.05, 0.1) is 6.61 Å². The molecule has 3 heteroatoms. The number of ether oxygens (including phenoxy) is 1. The first-order valence-corrected chi connectivity index (χ1v) is 8.80. The Kier molecular flexibility index (Phi) is 5.00. The second kappa shape index (κ2) is 6.76. The highest BCUT2D eigenvalue weighted by atomic mass is 16.5. The van der Waals surface area contributed by atoms with Crippen LogP contribution >= 0.6 is 0 Å². The molecule has 2 heterocycles. The third-order valence-electron chi connectivity index (χ3n) is 5.43. The summed E-state index contributed by atoms with van der Waals surface area (Å²) < 4.78 is 5.87. The second-order valence-corrected chi connectivity index (χ2v) is 7.47. The van der Waals surface area contributed by atoms with E-state index in [2.05, 4.69) is 23.6 Å². The van der Waals surface area contributed by atoms with Crippen LogP contribution in [-0.2, 0) is 4.74 Å². The highest BCUT2D eigenvalue weighted by Crippen LogP contribution is 2.29. The number of hydrogen-bond donors (Lipinski definition) is 0. The minimum atomic E-state index is 0.730. The molecule has 0 amide bonds. The molecule has 2 aliphatic heterocycles. The maximum atomic E-state index is 5.87. The quantitative estimate of drug-likeness (QED) is 0.696. The summed E-state index contributed by atoms with van der Waals surface area (Å²) in [6, 6.07) is 1.55. The van der Waals surface area contributed by atoms with Gasteiger partial charge in [-0.25, -0.2) is 0 Å². The Morgan fingerprint density at radius 1 is 1.10 bits per heavy atom. The van der Waals surface area contributed by atoms with Crippen LogP contribution in [-0.4, -0.2) is 61.3 Å². The Morgan fingerprint density at radius 2 is 1.95 bits per heavy atom. The van der Waals surface area contributed by atoms with Crippen LogP contribution in [0, 0.1) is 11.8 Å². The van der Waals surface area contributed by atoms with E-state index < -0.39 is 0 Å². The van der Waals surface area contributed by atoms with Gasteiger partial charge in [-0.3, -0.25) is 9.80 Å². The SMILES string of the molecule is CC(C)C1CN2CCCCC2CN1CCOCC1CC1. The van der Waals surface area contributed by atoms with Gasteiger partial charge in [0.25, 0.3) is 0 Å². The lowest BCUT2D eigenvalue weighted by molar-refractivity contribution is -0.0215. The molecule has 2 atom stereocenters. The topological polar surface area (TPSA) is 15.7 Å². The van der Waals surface area contributed by atoms with E-state index in [1.54, 1.807) is 0 Å². The number of rotatable bonds is 6. The first-order valence-electron chi connectivity index (χ1n) is 8.80. The fraction of sp³-hybridized carbons (Fsp3) is 1.00. The molecule has 3 fully saturated rings. The molecule has 3 rings (SSSR count). The van der Waals surface area contributed by atoms with Crippen LogP contribution in [0.3, 0.4) is 0 Å². The van der Waals surface area contributed by atoms with Crippen LogP contribution in [0.15, 0.2) is 0 Å². The molecule has 3 aliphatic rings. The molecule has 0 bridgehead atoms. The van der Waals surface area contributed by atoms with E-state index in [0.717, 1.165) is 43.7 Å². The van der Waals surface area contributed by atoms with E-state index in [1.165, 1.54) is 51.7 Å². The monoisotopic (exact) mass is 280 g/mol. The van der Waals surface area contributed by atoms with Gasteiger partial charge in [-0.05, 0) is 44.1 Å². The van der Waals surface area contributed by atoms with Crippen molar-refractivity contribution in [1.82, 2.24) is 9.80 Å². The molecule has 20 heavy (non-hydrogen) atoms. The molecule has 2 unspecified atom stereocenters. The van der Waals surface area contributed by atoms with Crippen molar-refractivity contribution in [3.8, 4) is 0 Å². The van der Waals surface area contributed by atoms with Crippen LogP contribution in [0.1, 0.15) is 46.0 Å². The number of fused-ring (bicyclic) bond motifs is 1. The zero-order valence-electron chi connectivity index (χ0n) is 13.4. The average Bonchev–Trinajstić information content (AvgIpc) is 3.26. The molecule has 1 aliphatic carbocycles. The first-order chi connectivity index (χ1) is 9.74. The summed E-state index contributed by atoms with van der Waals surface area (Å²) in [5, 5.41) is 0. The molecule has 1 saturated carbocycles. The van der Waals surface area contributed by atoms with Gasteiger partial charge in [0, 0.05) is 38.3 Å². The van der Waals surface area contributed by atoms with Crippen molar-refractivity contribution >= 4 is 0 Å². The molecule has 0 aromatic heterocycles. The summed E-state index contributed by atoms with van der Waals surface area (Å²) >= 11 is 0. The maximum Gasteiger partial charge on any atom is 0.0593 e. The minimum absolute atomic E-state index is 0.730. The van der Waals surface area contributed by atoms with Crippen LogP contribution < -0.4 is 0 Å². The molecule has 2 saturated heterocycles. The summed E-state index contributed by atoms with van der Waals surface area (Å²) in [5.74, 6) is 1.65. The van der Waals surface area contributed by atoms with E-state index in [1.807, 2.05) is 0 Å². The summed E-state index contributed by atoms with van der Waals surface area (Å²) in [6.07, 6.45) is 7.04. The van der Waals surface area contributed by atoms with Gasteiger partial charge >= 0.3 is 0 Å². The van der Waals surface area contributed by atoms with Crippen molar-refractivity contribution in [3.63, 3.8) is 0 Å². The van der Waals surface area contributed by atoms with Crippen molar-refractivity contribution in [2.24, 2.45) is 11.8 Å². The zero-order valence-corrected chi connectivity index (χ0v) is 13.4. The number of piperazine rings is 1. The highest BCUT2D eigenvalue weighted by Gasteiger charge is 2.35. The molecular weight excluding hydrogens is 248 g/mol. The van der Waals surface area contributed by atoms with Crippen LogP contribution in [0.2, 0.25) is 0 Å². The first kappa shape index (κ1) is 14.8. The summed E-state index contributed by atoms with van der Waals surface area (Å²) in [5.41, 5.74) is 0. The fourth-order valence-corrected chi connectivity index (χ4v) is 3.87. The maximum absolute atomic E-state index is 5.87. The number of hydrogen-bond acceptors (Lipinski definition) is 3. The second-order valence-electron chi connectivity index (χ2n) is 7.47. The van der Waals surface area contributed by atoms with Gasteiger partial charge in [-0.1, -0.05) is 20.3 Å². The van der Waals surface area contributed by atoms with Gasteiger partial charge in [0.15, 0.2) is 0 Å². The van der Waals surface area contributed by atoms with Gasteiger partial charge in [-0.2, -0.15) is 0 Å². The Morgan fingerprint density at radius 3 is 2.70 bits per heavy atom. The van der Waals surface area contributed by atoms with Crippen LogP contribution in [0.4, 0.5) is 0 Å². The Balaban J connectivity index is 1.49. The molecule has 0 aromatic carbocycles. The van der Waals surface area contributed by atoms with Crippen molar-refractivity contribution in [2.45, 2.75) is 58.0 Å². The van der Waals surface area contributed by atoms with Crippen molar-refractivity contribution in [2.75, 3.05) is 39.4 Å². The fourth-order valence-electron chi connectivity index (χ4n) is 3.87. The predicted molar refractivity (Wildman–Crippen MR) is 83.0 cm³/mol. The van der Waals surface area contributed by atoms with Gasteiger partial charge in [0.2, 0.25) is 0 Å². The van der Waals surface area contributed by atoms with Gasteiger partial charge in [0.1, 0.15) is 0 Å². The third kappa shape index (κ3) is 3.75. The molecule has 0 radical (unpaired) electrons. The summed E-state index contributed by atoms with van der Waals surface area (Å²) in [6.45, 7) is 11.7. The van der Waals surface area contributed by atoms with Crippen molar-refractivity contribution in [1.29, 1.82) is 0 Å².